The topological polar surface area (TPSA) is 92.6 Å². The molecule has 0 saturated heterocycles. The highest BCUT2D eigenvalue weighted by molar-refractivity contribution is 6.31. The Hall–Kier alpha value is -3.71. The van der Waals surface area contributed by atoms with Crippen molar-refractivity contribution in [3.63, 3.8) is 0 Å². The molecular weight excluding hydrogens is 478 g/mol. The molecule has 0 aliphatic rings. The van der Waals surface area contributed by atoms with E-state index in [-0.39, 0.29) is 42.6 Å². The number of benzene rings is 3. The van der Waals surface area contributed by atoms with E-state index >= 15 is 0 Å². The Morgan fingerprint density at radius 3 is 2.22 bits per heavy atom. The summed E-state index contributed by atoms with van der Waals surface area (Å²) in [6.45, 7) is 3.97. The van der Waals surface area contributed by atoms with Crippen LogP contribution < -0.4 is 5.32 Å². The van der Waals surface area contributed by atoms with Crippen LogP contribution in [0.3, 0.4) is 0 Å². The van der Waals surface area contributed by atoms with Crippen LogP contribution in [0.1, 0.15) is 37.0 Å². The van der Waals surface area contributed by atoms with E-state index in [1.54, 1.807) is 36.4 Å². The molecule has 3 aromatic carbocycles. The second kappa shape index (κ2) is 12.8. The molecular formula is C28H30ClN3O4. The van der Waals surface area contributed by atoms with E-state index in [2.05, 4.69) is 5.32 Å². The van der Waals surface area contributed by atoms with E-state index in [1.807, 2.05) is 50.2 Å². The van der Waals surface area contributed by atoms with E-state index in [1.165, 1.54) is 11.0 Å². The van der Waals surface area contributed by atoms with Crippen molar-refractivity contribution in [2.75, 3.05) is 0 Å². The van der Waals surface area contributed by atoms with Gasteiger partial charge in [-0.25, -0.2) is 0 Å². The summed E-state index contributed by atoms with van der Waals surface area (Å²) in [6, 6.07) is 21.8. The maximum Gasteiger partial charge on any atom is 0.273 e. The summed E-state index contributed by atoms with van der Waals surface area (Å²) < 4.78 is 0. The first-order chi connectivity index (χ1) is 17.3. The lowest BCUT2D eigenvalue weighted by Crippen LogP contribution is -2.52. The van der Waals surface area contributed by atoms with Crippen molar-refractivity contribution >= 4 is 29.1 Å². The third-order valence-electron chi connectivity index (χ3n) is 6.10. The van der Waals surface area contributed by atoms with Crippen molar-refractivity contribution in [3.05, 3.63) is 111 Å². The minimum Gasteiger partial charge on any atom is -0.352 e. The maximum absolute atomic E-state index is 13.8. The minimum atomic E-state index is -0.840. The maximum atomic E-state index is 13.8. The normalized spacial score (nSPS) is 12.4. The fourth-order valence-corrected chi connectivity index (χ4v) is 4.10. The van der Waals surface area contributed by atoms with Crippen molar-refractivity contribution in [1.82, 2.24) is 10.2 Å². The van der Waals surface area contributed by atoms with E-state index in [0.29, 0.717) is 10.6 Å². The Balaban J connectivity index is 2.03. The predicted molar refractivity (Wildman–Crippen MR) is 141 cm³/mol. The van der Waals surface area contributed by atoms with Crippen LogP contribution in [0.2, 0.25) is 5.02 Å². The first-order valence-electron chi connectivity index (χ1n) is 11.9. The molecule has 7 nitrogen and oxygen atoms in total. The fourth-order valence-electron chi connectivity index (χ4n) is 3.91. The van der Waals surface area contributed by atoms with E-state index in [9.17, 15) is 19.7 Å². The lowest BCUT2D eigenvalue weighted by Gasteiger charge is -2.32. The van der Waals surface area contributed by atoms with Gasteiger partial charge in [0.1, 0.15) is 6.04 Å². The van der Waals surface area contributed by atoms with Gasteiger partial charge in [-0.3, -0.25) is 19.7 Å². The Kier molecular flexibility index (Phi) is 9.59. The average molecular weight is 508 g/mol. The number of hydrogen-bond donors (Lipinski definition) is 1. The summed E-state index contributed by atoms with van der Waals surface area (Å²) in [6.07, 6.45) is 0.804. The van der Waals surface area contributed by atoms with Crippen molar-refractivity contribution in [1.29, 1.82) is 0 Å². The van der Waals surface area contributed by atoms with Crippen LogP contribution in [0, 0.1) is 10.1 Å². The van der Waals surface area contributed by atoms with Gasteiger partial charge in [-0.05, 0) is 30.5 Å². The molecule has 0 aromatic heterocycles. The summed E-state index contributed by atoms with van der Waals surface area (Å²) in [7, 11) is 0. The van der Waals surface area contributed by atoms with Gasteiger partial charge in [0.2, 0.25) is 11.8 Å². The number of para-hydroxylation sites is 1. The van der Waals surface area contributed by atoms with Crippen molar-refractivity contribution in [3.8, 4) is 0 Å². The van der Waals surface area contributed by atoms with Gasteiger partial charge in [0, 0.05) is 35.7 Å². The SMILES string of the molecule is CC[C@@H](C)NC(=O)[C@@H](Cc1ccccc1)N(Cc1ccccc1Cl)C(=O)Cc1ccccc1[N+](=O)[O-]. The molecule has 0 heterocycles. The second-order valence-corrected chi connectivity index (χ2v) is 9.11. The number of nitrogens with one attached hydrogen (secondary N) is 1. The zero-order chi connectivity index (χ0) is 26.1. The smallest absolute Gasteiger partial charge is 0.273 e. The van der Waals surface area contributed by atoms with Gasteiger partial charge in [-0.2, -0.15) is 0 Å². The Bertz CT molecular complexity index is 1200. The average Bonchev–Trinajstić information content (AvgIpc) is 2.87. The van der Waals surface area contributed by atoms with Crippen LogP contribution in [-0.2, 0) is 29.0 Å². The highest BCUT2D eigenvalue weighted by Gasteiger charge is 2.32. The number of rotatable bonds is 11. The van der Waals surface area contributed by atoms with Gasteiger partial charge >= 0.3 is 0 Å². The number of nitrogens with zero attached hydrogens (tertiary/aromatic N) is 2. The quantitative estimate of drug-likeness (QED) is 0.280. The second-order valence-electron chi connectivity index (χ2n) is 8.70. The zero-order valence-corrected chi connectivity index (χ0v) is 21.1. The molecule has 188 valence electrons. The molecule has 0 bridgehead atoms. The van der Waals surface area contributed by atoms with E-state index in [4.69, 9.17) is 11.6 Å². The number of hydrogen-bond acceptors (Lipinski definition) is 4. The summed E-state index contributed by atoms with van der Waals surface area (Å²) >= 11 is 6.42. The molecule has 0 saturated carbocycles. The number of carbonyl (C=O) groups is 2. The van der Waals surface area contributed by atoms with Gasteiger partial charge in [0.15, 0.2) is 0 Å². The third-order valence-corrected chi connectivity index (χ3v) is 6.47. The molecule has 0 spiro atoms. The van der Waals surface area contributed by atoms with Gasteiger partial charge < -0.3 is 10.2 Å². The Morgan fingerprint density at radius 2 is 1.58 bits per heavy atom. The van der Waals surface area contributed by atoms with Gasteiger partial charge in [-0.15, -0.1) is 0 Å². The van der Waals surface area contributed by atoms with Crippen molar-refractivity contribution < 1.29 is 14.5 Å². The third kappa shape index (κ3) is 7.15. The molecule has 8 heteroatoms. The van der Waals surface area contributed by atoms with Crippen LogP contribution in [-0.4, -0.2) is 33.7 Å². The molecule has 2 amide bonds. The molecule has 2 atom stereocenters. The predicted octanol–water partition coefficient (Wildman–Crippen LogP) is 5.35. The lowest BCUT2D eigenvalue weighted by atomic mass is 10.0. The summed E-state index contributed by atoms with van der Waals surface area (Å²) in [5, 5.41) is 15.0. The molecule has 0 unspecified atom stereocenters. The summed E-state index contributed by atoms with van der Waals surface area (Å²) in [5.41, 5.74) is 1.73. The summed E-state index contributed by atoms with van der Waals surface area (Å²) in [4.78, 5) is 39.8. The Morgan fingerprint density at radius 1 is 0.972 bits per heavy atom. The van der Waals surface area contributed by atoms with Crippen molar-refractivity contribution in [2.24, 2.45) is 0 Å². The largest absolute Gasteiger partial charge is 0.352 e. The van der Waals surface area contributed by atoms with Crippen molar-refractivity contribution in [2.45, 2.75) is 51.7 Å². The Labute approximate surface area is 216 Å². The standard InChI is InChI=1S/C28H30ClN3O4/c1-3-20(2)30-28(34)26(17-21-11-5-4-6-12-21)31(19-23-14-7-9-15-24(23)29)27(33)18-22-13-8-10-16-25(22)32(35)36/h4-16,20,26H,3,17-19H2,1-2H3,(H,30,34)/t20-,26-/m1/s1. The lowest BCUT2D eigenvalue weighted by molar-refractivity contribution is -0.385. The molecule has 36 heavy (non-hydrogen) atoms. The first kappa shape index (κ1) is 26.9. The van der Waals surface area contributed by atoms with E-state index in [0.717, 1.165) is 12.0 Å². The number of amides is 2. The van der Waals surface area contributed by atoms with E-state index < -0.39 is 16.9 Å². The first-order valence-corrected chi connectivity index (χ1v) is 12.3. The van der Waals surface area contributed by atoms with Crippen LogP contribution in [0.5, 0.6) is 0 Å². The van der Waals surface area contributed by atoms with Crippen LogP contribution in [0.25, 0.3) is 0 Å². The molecule has 3 rings (SSSR count). The highest BCUT2D eigenvalue weighted by atomic mass is 35.5. The monoisotopic (exact) mass is 507 g/mol. The van der Waals surface area contributed by atoms with Crippen LogP contribution in [0.4, 0.5) is 5.69 Å². The highest BCUT2D eigenvalue weighted by Crippen LogP contribution is 2.24. The molecule has 0 radical (unpaired) electrons. The fraction of sp³-hybridized carbons (Fsp3) is 0.286. The number of halogens is 1. The molecule has 0 aliphatic carbocycles. The number of nitro groups is 1. The zero-order valence-electron chi connectivity index (χ0n) is 20.4. The van der Waals surface area contributed by atoms with Gasteiger partial charge in [-0.1, -0.05) is 85.3 Å². The molecule has 0 fully saturated rings. The number of nitro benzene ring substituents is 1. The molecule has 3 aromatic rings. The molecule has 1 N–H and O–H groups in total. The van der Waals surface area contributed by atoms with Gasteiger partial charge in [0.05, 0.1) is 11.3 Å². The summed E-state index contributed by atoms with van der Waals surface area (Å²) in [5.74, 6) is -0.680. The van der Waals surface area contributed by atoms with Crippen LogP contribution >= 0.6 is 11.6 Å². The minimum absolute atomic E-state index is 0.0803. The van der Waals surface area contributed by atoms with Crippen LogP contribution in [0.15, 0.2) is 78.9 Å². The van der Waals surface area contributed by atoms with Gasteiger partial charge in [0.25, 0.3) is 5.69 Å². The number of carbonyl (C=O) groups excluding carboxylic acids is 2. The molecule has 0 aliphatic heterocycles.